The maximum atomic E-state index is 13.5. The average Bonchev–Trinajstić information content (AvgIpc) is 2.87. The summed E-state index contributed by atoms with van der Waals surface area (Å²) in [6.07, 6.45) is 4.22. The predicted molar refractivity (Wildman–Crippen MR) is 151 cm³/mol. The van der Waals surface area contributed by atoms with Gasteiger partial charge in [-0.1, -0.05) is 37.3 Å². The molecular formula is C30H38N4O3S. The largest absolute Gasteiger partial charge is 0.477 e. The average molecular weight is 535 g/mol. The number of nitrogens with one attached hydrogen (secondary N) is 1. The molecule has 2 aliphatic heterocycles. The lowest BCUT2D eigenvalue weighted by atomic mass is 9.76. The van der Waals surface area contributed by atoms with Crippen molar-refractivity contribution in [2.75, 3.05) is 31.5 Å². The van der Waals surface area contributed by atoms with Crippen LogP contribution in [-0.4, -0.2) is 50.0 Å². The molecule has 3 heterocycles. The highest BCUT2D eigenvalue weighted by molar-refractivity contribution is 7.92. The molecule has 8 heteroatoms. The Morgan fingerprint density at radius 3 is 2.42 bits per heavy atom. The zero-order valence-corrected chi connectivity index (χ0v) is 23.6. The summed E-state index contributed by atoms with van der Waals surface area (Å²) in [6, 6.07) is 15.2. The Kier molecular flexibility index (Phi) is 7.73. The molecule has 0 saturated carbocycles. The summed E-state index contributed by atoms with van der Waals surface area (Å²) in [7, 11) is -1.70. The Hall–Kier alpha value is -2.97. The minimum absolute atomic E-state index is 0.0134. The second kappa shape index (κ2) is 11.0. The fourth-order valence-corrected chi connectivity index (χ4v) is 6.98. The van der Waals surface area contributed by atoms with Crippen LogP contribution in [0.25, 0.3) is 11.3 Å². The monoisotopic (exact) mass is 534 g/mol. The molecule has 1 aromatic heterocycles. The maximum absolute atomic E-state index is 13.5. The lowest BCUT2D eigenvalue weighted by molar-refractivity contribution is 0.140. The molecule has 2 unspecified atom stereocenters. The molecule has 2 aromatic carbocycles. The van der Waals surface area contributed by atoms with Crippen LogP contribution in [0.15, 0.2) is 53.4 Å². The van der Waals surface area contributed by atoms with E-state index < -0.39 is 10.0 Å². The second-order valence-electron chi connectivity index (χ2n) is 11.2. The highest BCUT2D eigenvalue weighted by Gasteiger charge is 2.28. The fourth-order valence-electron chi connectivity index (χ4n) is 5.97. The van der Waals surface area contributed by atoms with Gasteiger partial charge in [-0.25, -0.2) is 18.1 Å². The van der Waals surface area contributed by atoms with E-state index in [1.165, 1.54) is 12.8 Å². The van der Waals surface area contributed by atoms with Crippen molar-refractivity contribution < 1.29 is 13.2 Å². The number of hydrogen-bond donors (Lipinski definition) is 1. The molecule has 3 aromatic rings. The first-order valence-corrected chi connectivity index (χ1v) is 15.0. The normalized spacial score (nSPS) is 22.6. The molecule has 2 aliphatic rings. The number of benzene rings is 2. The van der Waals surface area contributed by atoms with Crippen LogP contribution in [0.3, 0.4) is 0 Å². The van der Waals surface area contributed by atoms with Crippen molar-refractivity contribution in [3.05, 3.63) is 65.2 Å². The zero-order chi connectivity index (χ0) is 26.9. The summed E-state index contributed by atoms with van der Waals surface area (Å²) in [5, 5.41) is 0. The molecule has 4 bridgehead atoms. The number of nitrogens with zero attached hydrogens (tertiary/aromatic N) is 3. The van der Waals surface area contributed by atoms with E-state index in [2.05, 4.69) is 33.6 Å². The Balaban J connectivity index is 1.55. The van der Waals surface area contributed by atoms with Gasteiger partial charge in [0.25, 0.3) is 10.0 Å². The second-order valence-corrected chi connectivity index (χ2v) is 12.9. The van der Waals surface area contributed by atoms with Gasteiger partial charge in [-0.05, 0) is 106 Å². The Morgan fingerprint density at radius 2 is 1.68 bits per heavy atom. The van der Waals surface area contributed by atoms with Gasteiger partial charge in [0.15, 0.2) is 0 Å². The quantitative estimate of drug-likeness (QED) is 0.469. The van der Waals surface area contributed by atoms with Crippen LogP contribution in [-0.2, 0) is 16.4 Å². The number of anilines is 1. The van der Waals surface area contributed by atoms with E-state index in [-0.39, 0.29) is 10.8 Å². The summed E-state index contributed by atoms with van der Waals surface area (Å²) >= 11 is 0. The summed E-state index contributed by atoms with van der Waals surface area (Å²) in [6.45, 7) is 9.01. The van der Waals surface area contributed by atoms with E-state index in [1.54, 1.807) is 6.07 Å². The van der Waals surface area contributed by atoms with E-state index in [4.69, 9.17) is 4.74 Å². The number of aromatic nitrogens is 2. The molecule has 1 fully saturated rings. The molecule has 7 nitrogen and oxygen atoms in total. The lowest BCUT2D eigenvalue weighted by Gasteiger charge is -2.35. The number of aryl methyl sites for hydroxylation is 2. The van der Waals surface area contributed by atoms with Gasteiger partial charge >= 0.3 is 0 Å². The van der Waals surface area contributed by atoms with Gasteiger partial charge in [0.2, 0.25) is 11.8 Å². The van der Waals surface area contributed by atoms with E-state index in [0.29, 0.717) is 35.9 Å². The summed E-state index contributed by atoms with van der Waals surface area (Å²) in [5.74, 6) is 1.79. The summed E-state index contributed by atoms with van der Waals surface area (Å²) in [4.78, 5) is 11.7. The van der Waals surface area contributed by atoms with Gasteiger partial charge in [0.1, 0.15) is 0 Å². The smallest absolute Gasteiger partial charge is 0.264 e. The topological polar surface area (TPSA) is 84.4 Å². The van der Waals surface area contributed by atoms with Gasteiger partial charge < -0.3 is 9.64 Å². The van der Waals surface area contributed by atoms with Gasteiger partial charge in [-0.3, -0.25) is 0 Å². The van der Waals surface area contributed by atoms with E-state index in [9.17, 15) is 8.42 Å². The summed E-state index contributed by atoms with van der Waals surface area (Å²) < 4.78 is 35.8. The lowest BCUT2D eigenvalue weighted by Crippen LogP contribution is -2.35. The van der Waals surface area contributed by atoms with Crippen LogP contribution >= 0.6 is 0 Å². The number of ether oxygens (including phenoxy) is 1. The molecule has 38 heavy (non-hydrogen) atoms. The molecule has 202 valence electrons. The first kappa shape index (κ1) is 26.6. The van der Waals surface area contributed by atoms with Crippen molar-refractivity contribution in [3.63, 3.8) is 0 Å². The third-order valence-electron chi connectivity index (χ3n) is 8.02. The van der Waals surface area contributed by atoms with Gasteiger partial charge in [-0.2, -0.15) is 4.98 Å². The van der Waals surface area contributed by atoms with Crippen molar-refractivity contribution in [1.82, 2.24) is 14.9 Å². The number of piperidine rings is 1. The van der Waals surface area contributed by atoms with Crippen LogP contribution in [0.4, 0.5) is 5.95 Å². The molecule has 2 atom stereocenters. The molecular weight excluding hydrogens is 496 g/mol. The predicted octanol–water partition coefficient (Wildman–Crippen LogP) is 5.48. The van der Waals surface area contributed by atoms with Gasteiger partial charge in [-0.15, -0.1) is 0 Å². The van der Waals surface area contributed by atoms with Gasteiger partial charge in [0, 0.05) is 11.6 Å². The third kappa shape index (κ3) is 6.02. The van der Waals surface area contributed by atoms with Crippen molar-refractivity contribution in [1.29, 1.82) is 0 Å². The van der Waals surface area contributed by atoms with E-state index in [1.807, 2.05) is 56.3 Å². The van der Waals surface area contributed by atoms with Crippen molar-refractivity contribution in [3.8, 4) is 17.1 Å². The highest BCUT2D eigenvalue weighted by atomic mass is 32.2. The van der Waals surface area contributed by atoms with Crippen LogP contribution < -0.4 is 9.46 Å². The minimum atomic E-state index is -3.88. The van der Waals surface area contributed by atoms with Crippen molar-refractivity contribution in [2.24, 2.45) is 17.8 Å². The van der Waals surface area contributed by atoms with Crippen LogP contribution in [0, 0.1) is 31.6 Å². The van der Waals surface area contributed by atoms with Crippen LogP contribution in [0.5, 0.6) is 5.88 Å². The number of rotatable bonds is 2. The van der Waals surface area contributed by atoms with Gasteiger partial charge in [0.05, 0.1) is 17.2 Å². The molecule has 0 spiro atoms. The first-order valence-electron chi connectivity index (χ1n) is 13.6. The number of hydrogen-bond acceptors (Lipinski definition) is 6. The molecule has 1 N–H and O–H groups in total. The zero-order valence-electron chi connectivity index (χ0n) is 22.8. The highest BCUT2D eigenvalue weighted by Crippen LogP contribution is 2.34. The third-order valence-corrected chi connectivity index (χ3v) is 9.35. The number of fused-ring (bicyclic) bond motifs is 4. The standard InChI is InChI=1S/C30H38N4O3S/c1-20-15-25(24-11-13-34(4)14-12-24)16-23-9-6-10-26(17-23)38(35,36)33-30-31-27(18-28(32-30)37-19-20)29-21(2)7-5-8-22(29)3/h5-10,17-18,20,24-25H,11-16,19H2,1-4H3,(H,31,32,33). The SMILES string of the molecule is Cc1cccc(C)c1-c1cc2nc(n1)NS(=O)(=O)c1cccc(c1)CC(C1CCN(C)CC1)CC(C)CO2. The number of likely N-dealkylation sites (tertiary alicyclic amines) is 1. The Labute approximate surface area is 226 Å². The van der Waals surface area contributed by atoms with Crippen molar-refractivity contribution in [2.45, 2.75) is 51.3 Å². The van der Waals surface area contributed by atoms with Crippen molar-refractivity contribution >= 4 is 16.0 Å². The van der Waals surface area contributed by atoms with Crippen LogP contribution in [0.1, 0.15) is 42.9 Å². The van der Waals surface area contributed by atoms with E-state index in [0.717, 1.165) is 48.2 Å². The minimum Gasteiger partial charge on any atom is -0.477 e. The molecule has 5 rings (SSSR count). The van der Waals surface area contributed by atoms with Crippen LogP contribution in [0.2, 0.25) is 0 Å². The molecule has 0 amide bonds. The Morgan fingerprint density at radius 1 is 0.974 bits per heavy atom. The molecule has 0 aliphatic carbocycles. The summed E-state index contributed by atoms with van der Waals surface area (Å²) in [5.41, 5.74) is 4.76. The van der Waals surface area contributed by atoms with E-state index >= 15 is 0 Å². The number of sulfonamides is 1. The maximum Gasteiger partial charge on any atom is 0.264 e. The fraction of sp³-hybridized carbons (Fsp3) is 0.467. The molecule has 0 radical (unpaired) electrons. The molecule has 1 saturated heterocycles. The first-order chi connectivity index (χ1) is 18.2. The Bertz CT molecular complexity index is 1380.